The first kappa shape index (κ1) is 12.1. The molecule has 92 valence electrons. The predicted octanol–water partition coefficient (Wildman–Crippen LogP) is 3.57. The molecule has 0 saturated heterocycles. The monoisotopic (exact) mass is 369 g/mol. The van der Waals surface area contributed by atoms with Gasteiger partial charge in [0.15, 0.2) is 5.78 Å². The summed E-state index contributed by atoms with van der Waals surface area (Å²) in [7, 11) is 0. The Balaban J connectivity index is 2.48. The average Bonchev–Trinajstić information content (AvgIpc) is 2.31. The molecular weight excluding hydrogens is 362 g/mol. The third-order valence-corrected chi connectivity index (χ3v) is 4.30. The van der Waals surface area contributed by atoms with E-state index in [1.165, 1.54) is 0 Å². The Hall–Kier alpha value is -0.940. The summed E-state index contributed by atoms with van der Waals surface area (Å²) in [5, 5.41) is 0.547. The van der Waals surface area contributed by atoms with Gasteiger partial charge in [-0.2, -0.15) is 0 Å². The number of H-pyrrole nitrogens is 1. The molecule has 0 saturated carbocycles. The number of rotatable bonds is 0. The molecule has 2 aromatic rings. The molecule has 0 spiro atoms. The summed E-state index contributed by atoms with van der Waals surface area (Å²) in [4.78, 5) is 27.5. The number of aromatic nitrogens is 1. The van der Waals surface area contributed by atoms with Crippen LogP contribution < -0.4 is 5.43 Å². The number of Topliss-reactive ketones (excluding diaryl/α,β-unsaturated/α-hetero) is 1. The van der Waals surface area contributed by atoms with Gasteiger partial charge in [0.25, 0.3) is 0 Å². The maximum Gasteiger partial charge on any atom is 0.200 e. The summed E-state index contributed by atoms with van der Waals surface area (Å²) in [5.74, 6) is -0.0458. The third kappa shape index (κ3) is 1.77. The molecule has 0 amide bonds. The normalized spacial score (nSPS) is 14.9. The Kier molecular flexibility index (Phi) is 2.90. The second-order valence-corrected chi connectivity index (χ2v) is 6.16. The maximum absolute atomic E-state index is 12.4. The van der Waals surface area contributed by atoms with Crippen LogP contribution in [-0.2, 0) is 6.42 Å². The van der Waals surface area contributed by atoms with Crippen LogP contribution in [0, 0.1) is 0 Å². The highest BCUT2D eigenvalue weighted by Crippen LogP contribution is 2.28. The first-order valence-electron chi connectivity index (χ1n) is 5.65. The molecule has 0 bridgehead atoms. The number of fused-ring (bicyclic) bond motifs is 2. The van der Waals surface area contributed by atoms with E-state index in [0.717, 1.165) is 33.0 Å². The van der Waals surface area contributed by atoms with E-state index < -0.39 is 0 Å². The summed E-state index contributed by atoms with van der Waals surface area (Å²) in [6, 6.07) is 3.64. The van der Waals surface area contributed by atoms with Crippen LogP contribution in [0.3, 0.4) is 0 Å². The van der Waals surface area contributed by atoms with Gasteiger partial charge in [-0.05, 0) is 40.9 Å². The summed E-state index contributed by atoms with van der Waals surface area (Å²) in [6.07, 6.45) is 2.03. The van der Waals surface area contributed by atoms with Crippen LogP contribution >= 0.6 is 31.9 Å². The van der Waals surface area contributed by atoms with Gasteiger partial charge in [0.2, 0.25) is 5.43 Å². The Labute approximate surface area is 120 Å². The Morgan fingerprint density at radius 3 is 2.67 bits per heavy atom. The van der Waals surface area contributed by atoms with Crippen molar-refractivity contribution in [2.75, 3.05) is 0 Å². The van der Waals surface area contributed by atoms with Crippen molar-refractivity contribution < 1.29 is 4.79 Å². The highest BCUT2D eigenvalue weighted by atomic mass is 79.9. The lowest BCUT2D eigenvalue weighted by Crippen LogP contribution is -2.23. The molecule has 0 atom stereocenters. The van der Waals surface area contributed by atoms with Crippen molar-refractivity contribution in [3.05, 3.63) is 42.6 Å². The molecule has 0 fully saturated rings. The van der Waals surface area contributed by atoms with Crippen LogP contribution in [0.1, 0.15) is 28.9 Å². The Morgan fingerprint density at radius 1 is 1.11 bits per heavy atom. The zero-order chi connectivity index (χ0) is 12.9. The topological polar surface area (TPSA) is 49.9 Å². The van der Waals surface area contributed by atoms with Crippen molar-refractivity contribution in [3.8, 4) is 0 Å². The van der Waals surface area contributed by atoms with Crippen molar-refractivity contribution in [1.82, 2.24) is 4.98 Å². The number of ketones is 1. The Morgan fingerprint density at radius 2 is 1.89 bits per heavy atom. The van der Waals surface area contributed by atoms with E-state index in [2.05, 4.69) is 36.8 Å². The second-order valence-electron chi connectivity index (χ2n) is 4.39. The largest absolute Gasteiger partial charge is 0.357 e. The first-order chi connectivity index (χ1) is 8.58. The van der Waals surface area contributed by atoms with Gasteiger partial charge >= 0.3 is 0 Å². The van der Waals surface area contributed by atoms with Gasteiger partial charge in [0.1, 0.15) is 0 Å². The fourth-order valence-corrected chi connectivity index (χ4v) is 3.72. The minimum atomic E-state index is -0.162. The molecule has 0 radical (unpaired) electrons. The number of carbonyl (C=O) groups excluding carboxylic acids is 1. The van der Waals surface area contributed by atoms with E-state index in [1.54, 1.807) is 6.07 Å². The first-order valence-corrected chi connectivity index (χ1v) is 7.23. The van der Waals surface area contributed by atoms with Crippen molar-refractivity contribution in [2.24, 2.45) is 0 Å². The van der Waals surface area contributed by atoms with Crippen molar-refractivity contribution in [1.29, 1.82) is 0 Å². The van der Waals surface area contributed by atoms with Crippen molar-refractivity contribution >= 4 is 48.5 Å². The molecule has 1 aliphatic carbocycles. The quantitative estimate of drug-likeness (QED) is 0.770. The van der Waals surface area contributed by atoms with E-state index in [9.17, 15) is 9.59 Å². The van der Waals surface area contributed by atoms with Gasteiger partial charge in [-0.3, -0.25) is 9.59 Å². The summed E-state index contributed by atoms with van der Waals surface area (Å²) >= 11 is 6.80. The van der Waals surface area contributed by atoms with Crippen molar-refractivity contribution in [2.45, 2.75) is 19.3 Å². The molecule has 1 N–H and O–H groups in total. The van der Waals surface area contributed by atoms with Gasteiger partial charge < -0.3 is 4.98 Å². The van der Waals surface area contributed by atoms with E-state index in [-0.39, 0.29) is 11.2 Å². The maximum atomic E-state index is 12.4. The van der Waals surface area contributed by atoms with Crippen LogP contribution in [0.15, 0.2) is 25.9 Å². The van der Waals surface area contributed by atoms with Gasteiger partial charge in [0, 0.05) is 26.4 Å². The van der Waals surface area contributed by atoms with Crippen LogP contribution in [0.2, 0.25) is 0 Å². The van der Waals surface area contributed by atoms with Crippen LogP contribution in [0.5, 0.6) is 0 Å². The zero-order valence-electron chi connectivity index (χ0n) is 9.35. The van der Waals surface area contributed by atoms with E-state index in [0.29, 0.717) is 17.4 Å². The molecule has 18 heavy (non-hydrogen) atoms. The number of nitrogens with one attached hydrogen (secondary N) is 1. The highest BCUT2D eigenvalue weighted by Gasteiger charge is 2.23. The molecule has 1 heterocycles. The number of carbonyl (C=O) groups is 1. The molecule has 5 heteroatoms. The van der Waals surface area contributed by atoms with E-state index >= 15 is 0 Å². The molecule has 1 aromatic heterocycles. The molecule has 1 aromatic carbocycles. The average molecular weight is 371 g/mol. The molecule has 0 unspecified atom stereocenters. The number of hydrogen-bond acceptors (Lipinski definition) is 2. The van der Waals surface area contributed by atoms with Gasteiger partial charge in [0.05, 0.1) is 11.1 Å². The standard InChI is InChI=1S/C13H9Br2NO2/c14-6-4-7-12(8(15)5-6)16-9-2-1-3-10(17)11(9)13(7)18/h4-5H,1-3H2,(H,16,18). The lowest BCUT2D eigenvalue weighted by Gasteiger charge is -2.15. The van der Waals surface area contributed by atoms with Crippen LogP contribution in [0.25, 0.3) is 10.9 Å². The number of pyridine rings is 1. The predicted molar refractivity (Wildman–Crippen MR) is 77.2 cm³/mol. The summed E-state index contributed by atoms with van der Waals surface area (Å²) in [5.41, 5.74) is 1.72. The Bertz CT molecular complexity index is 734. The summed E-state index contributed by atoms with van der Waals surface area (Å²) in [6.45, 7) is 0. The number of benzene rings is 1. The second kappa shape index (κ2) is 4.31. The highest BCUT2D eigenvalue weighted by molar-refractivity contribution is 9.11. The van der Waals surface area contributed by atoms with E-state index in [4.69, 9.17) is 0 Å². The number of halogens is 2. The minimum Gasteiger partial charge on any atom is -0.357 e. The lowest BCUT2D eigenvalue weighted by atomic mass is 9.93. The lowest BCUT2D eigenvalue weighted by molar-refractivity contribution is 0.0970. The number of aromatic amines is 1. The zero-order valence-corrected chi connectivity index (χ0v) is 12.5. The molecule has 3 rings (SSSR count). The van der Waals surface area contributed by atoms with Gasteiger partial charge in [-0.25, -0.2) is 0 Å². The van der Waals surface area contributed by atoms with Crippen LogP contribution in [-0.4, -0.2) is 10.8 Å². The molecule has 1 aliphatic rings. The number of hydrogen-bond donors (Lipinski definition) is 1. The summed E-state index contributed by atoms with van der Waals surface area (Å²) < 4.78 is 1.64. The molecule has 3 nitrogen and oxygen atoms in total. The third-order valence-electron chi connectivity index (χ3n) is 3.21. The van der Waals surface area contributed by atoms with Crippen LogP contribution in [0.4, 0.5) is 0 Å². The smallest absolute Gasteiger partial charge is 0.200 e. The van der Waals surface area contributed by atoms with Crippen molar-refractivity contribution in [3.63, 3.8) is 0 Å². The van der Waals surface area contributed by atoms with Gasteiger partial charge in [-0.1, -0.05) is 15.9 Å². The van der Waals surface area contributed by atoms with E-state index in [1.807, 2.05) is 6.07 Å². The molecular formula is C13H9Br2NO2. The fraction of sp³-hybridized carbons (Fsp3) is 0.231. The van der Waals surface area contributed by atoms with Gasteiger partial charge in [-0.15, -0.1) is 0 Å². The minimum absolute atomic E-state index is 0.0458. The molecule has 0 aliphatic heterocycles. The SMILES string of the molecule is O=C1CCCc2[nH]c3c(Br)cc(Br)cc3c(=O)c21. The fourth-order valence-electron chi connectivity index (χ4n) is 2.40. The number of aryl methyl sites for hydroxylation is 1.